The van der Waals surface area contributed by atoms with Crippen LogP contribution in [0.4, 0.5) is 0 Å². The summed E-state index contributed by atoms with van der Waals surface area (Å²) >= 11 is 0. The summed E-state index contributed by atoms with van der Waals surface area (Å²) in [7, 11) is 0. The molecular weight excluding hydrogens is 266 g/mol. The molecule has 0 aromatic carbocycles. The summed E-state index contributed by atoms with van der Waals surface area (Å²) in [6, 6.07) is 7.92. The Balaban J connectivity index is 1.46. The number of hydrogen-bond acceptors (Lipinski definition) is 4. The van der Waals surface area contributed by atoms with E-state index >= 15 is 0 Å². The SMILES string of the molecule is O=C(c1ccco1)N1CCC(NCc2cccnc2)CC1. The van der Waals surface area contributed by atoms with E-state index in [1.54, 1.807) is 18.3 Å². The van der Waals surface area contributed by atoms with Crippen LogP contribution in [0.5, 0.6) is 0 Å². The third-order valence-electron chi connectivity index (χ3n) is 3.83. The topological polar surface area (TPSA) is 58.4 Å². The van der Waals surface area contributed by atoms with Crippen molar-refractivity contribution >= 4 is 5.91 Å². The van der Waals surface area contributed by atoms with E-state index in [2.05, 4.69) is 16.4 Å². The van der Waals surface area contributed by atoms with Gasteiger partial charge in [0.2, 0.25) is 0 Å². The van der Waals surface area contributed by atoms with E-state index < -0.39 is 0 Å². The second-order valence-corrected chi connectivity index (χ2v) is 5.29. The highest BCUT2D eigenvalue weighted by molar-refractivity contribution is 5.91. The van der Waals surface area contributed by atoms with E-state index in [-0.39, 0.29) is 5.91 Å². The number of carbonyl (C=O) groups excluding carboxylic acids is 1. The Morgan fingerprint density at radius 1 is 1.33 bits per heavy atom. The standard InChI is InChI=1S/C16H19N3O2/c20-16(15-4-2-10-21-15)19-8-5-14(6-9-19)18-12-13-3-1-7-17-11-13/h1-4,7,10-11,14,18H,5-6,8-9,12H2. The molecule has 21 heavy (non-hydrogen) atoms. The molecule has 1 aliphatic heterocycles. The minimum atomic E-state index is -0.00860. The van der Waals surface area contributed by atoms with Crippen molar-refractivity contribution in [2.45, 2.75) is 25.4 Å². The molecule has 5 nitrogen and oxygen atoms in total. The molecule has 0 atom stereocenters. The zero-order chi connectivity index (χ0) is 14.5. The van der Waals surface area contributed by atoms with Gasteiger partial charge in [-0.15, -0.1) is 0 Å². The van der Waals surface area contributed by atoms with Crippen molar-refractivity contribution in [3.8, 4) is 0 Å². The van der Waals surface area contributed by atoms with Gasteiger partial charge >= 0.3 is 0 Å². The third kappa shape index (κ3) is 3.49. The van der Waals surface area contributed by atoms with Gasteiger partial charge in [-0.25, -0.2) is 0 Å². The second-order valence-electron chi connectivity index (χ2n) is 5.29. The first kappa shape index (κ1) is 13.8. The second kappa shape index (κ2) is 6.54. The van der Waals surface area contributed by atoms with E-state index in [4.69, 9.17) is 4.42 Å². The Bertz CT molecular complexity index is 560. The largest absolute Gasteiger partial charge is 0.459 e. The lowest BCUT2D eigenvalue weighted by Crippen LogP contribution is -2.44. The number of nitrogens with zero attached hydrogens (tertiary/aromatic N) is 2. The molecule has 5 heteroatoms. The number of likely N-dealkylation sites (tertiary alicyclic amines) is 1. The highest BCUT2D eigenvalue weighted by Gasteiger charge is 2.24. The zero-order valence-corrected chi connectivity index (χ0v) is 11.9. The highest BCUT2D eigenvalue weighted by atomic mass is 16.3. The first-order valence-electron chi connectivity index (χ1n) is 7.28. The lowest BCUT2D eigenvalue weighted by Gasteiger charge is -2.32. The Hall–Kier alpha value is -2.14. The van der Waals surface area contributed by atoms with Crippen LogP contribution in [-0.4, -0.2) is 34.9 Å². The van der Waals surface area contributed by atoms with Gasteiger partial charge < -0.3 is 14.6 Å². The summed E-state index contributed by atoms with van der Waals surface area (Å²) in [6.07, 6.45) is 7.12. The number of carbonyl (C=O) groups is 1. The maximum Gasteiger partial charge on any atom is 0.289 e. The molecule has 2 aromatic rings. The number of pyridine rings is 1. The van der Waals surface area contributed by atoms with Gasteiger partial charge in [0.15, 0.2) is 5.76 Å². The molecule has 0 saturated carbocycles. The summed E-state index contributed by atoms with van der Waals surface area (Å²) in [5.41, 5.74) is 1.19. The summed E-state index contributed by atoms with van der Waals surface area (Å²) in [5, 5.41) is 3.53. The van der Waals surface area contributed by atoms with Gasteiger partial charge in [-0.05, 0) is 36.6 Å². The Labute approximate surface area is 124 Å². The molecule has 1 fully saturated rings. The van der Waals surface area contributed by atoms with Crippen LogP contribution in [0.3, 0.4) is 0 Å². The molecule has 1 saturated heterocycles. The van der Waals surface area contributed by atoms with Crippen molar-refractivity contribution in [2.24, 2.45) is 0 Å². The Morgan fingerprint density at radius 2 is 2.19 bits per heavy atom. The van der Waals surface area contributed by atoms with Gasteiger partial charge in [-0.2, -0.15) is 0 Å². The van der Waals surface area contributed by atoms with Crippen molar-refractivity contribution in [1.82, 2.24) is 15.2 Å². The quantitative estimate of drug-likeness (QED) is 0.934. The van der Waals surface area contributed by atoms with Crippen molar-refractivity contribution in [2.75, 3.05) is 13.1 Å². The van der Waals surface area contributed by atoms with Crippen LogP contribution in [0.1, 0.15) is 29.0 Å². The van der Waals surface area contributed by atoms with Gasteiger partial charge in [-0.3, -0.25) is 9.78 Å². The Kier molecular flexibility index (Phi) is 4.31. The molecule has 0 spiro atoms. The van der Waals surface area contributed by atoms with E-state index in [1.807, 2.05) is 17.2 Å². The minimum absolute atomic E-state index is 0.00860. The number of rotatable bonds is 4. The van der Waals surface area contributed by atoms with Gasteiger partial charge in [0, 0.05) is 38.1 Å². The monoisotopic (exact) mass is 285 g/mol. The molecule has 0 bridgehead atoms. The number of hydrogen-bond donors (Lipinski definition) is 1. The zero-order valence-electron chi connectivity index (χ0n) is 11.9. The number of amides is 1. The lowest BCUT2D eigenvalue weighted by atomic mass is 10.0. The summed E-state index contributed by atoms with van der Waals surface area (Å²) < 4.78 is 5.17. The average molecular weight is 285 g/mol. The maximum absolute atomic E-state index is 12.2. The molecule has 0 unspecified atom stereocenters. The maximum atomic E-state index is 12.2. The summed E-state index contributed by atoms with van der Waals surface area (Å²) in [6.45, 7) is 2.36. The fourth-order valence-corrected chi connectivity index (χ4v) is 2.61. The normalized spacial score (nSPS) is 16.1. The molecule has 1 N–H and O–H groups in total. The Morgan fingerprint density at radius 3 is 2.86 bits per heavy atom. The average Bonchev–Trinajstić information content (AvgIpc) is 3.08. The van der Waals surface area contributed by atoms with Gasteiger partial charge in [0.05, 0.1) is 6.26 Å². The van der Waals surface area contributed by atoms with Gasteiger partial charge in [-0.1, -0.05) is 6.07 Å². The van der Waals surface area contributed by atoms with Crippen LogP contribution in [0, 0.1) is 0 Å². The number of aromatic nitrogens is 1. The van der Waals surface area contributed by atoms with Crippen LogP contribution in [0.2, 0.25) is 0 Å². The summed E-state index contributed by atoms with van der Waals surface area (Å²) in [4.78, 5) is 18.1. The van der Waals surface area contributed by atoms with E-state index in [0.717, 1.165) is 32.5 Å². The number of furan rings is 1. The molecule has 0 aliphatic carbocycles. The molecular formula is C16H19N3O2. The van der Waals surface area contributed by atoms with Gasteiger partial charge in [0.1, 0.15) is 0 Å². The lowest BCUT2D eigenvalue weighted by molar-refractivity contribution is 0.0672. The first-order chi connectivity index (χ1) is 10.3. The summed E-state index contributed by atoms with van der Waals surface area (Å²) in [5.74, 6) is 0.419. The van der Waals surface area contributed by atoms with Crippen LogP contribution in [-0.2, 0) is 6.54 Å². The number of nitrogens with one attached hydrogen (secondary N) is 1. The third-order valence-corrected chi connectivity index (χ3v) is 3.83. The van der Waals surface area contributed by atoms with Crippen molar-refractivity contribution in [3.05, 3.63) is 54.2 Å². The molecule has 1 aliphatic rings. The van der Waals surface area contributed by atoms with Crippen molar-refractivity contribution in [1.29, 1.82) is 0 Å². The fourth-order valence-electron chi connectivity index (χ4n) is 2.61. The minimum Gasteiger partial charge on any atom is -0.459 e. The molecule has 1 amide bonds. The van der Waals surface area contributed by atoms with Gasteiger partial charge in [0.25, 0.3) is 5.91 Å². The van der Waals surface area contributed by atoms with E-state index in [0.29, 0.717) is 11.8 Å². The van der Waals surface area contributed by atoms with E-state index in [9.17, 15) is 4.79 Å². The molecule has 2 aromatic heterocycles. The molecule has 0 radical (unpaired) electrons. The van der Waals surface area contributed by atoms with Crippen molar-refractivity contribution in [3.63, 3.8) is 0 Å². The first-order valence-corrected chi connectivity index (χ1v) is 7.28. The fraction of sp³-hybridized carbons (Fsp3) is 0.375. The number of piperidine rings is 1. The predicted molar refractivity (Wildman–Crippen MR) is 78.7 cm³/mol. The van der Waals surface area contributed by atoms with E-state index in [1.165, 1.54) is 11.8 Å². The van der Waals surface area contributed by atoms with Crippen molar-refractivity contribution < 1.29 is 9.21 Å². The predicted octanol–water partition coefficient (Wildman–Crippen LogP) is 2.07. The smallest absolute Gasteiger partial charge is 0.289 e. The molecule has 3 heterocycles. The highest BCUT2D eigenvalue weighted by Crippen LogP contribution is 2.14. The van der Waals surface area contributed by atoms with Crippen LogP contribution < -0.4 is 5.32 Å². The molecule has 110 valence electrons. The van der Waals surface area contributed by atoms with Crippen LogP contribution in [0.15, 0.2) is 47.3 Å². The van der Waals surface area contributed by atoms with Crippen LogP contribution >= 0.6 is 0 Å². The molecule has 3 rings (SSSR count). The van der Waals surface area contributed by atoms with Crippen LogP contribution in [0.25, 0.3) is 0 Å².